The predicted octanol–water partition coefficient (Wildman–Crippen LogP) is 3.76. The smallest absolute Gasteiger partial charge is 0.270 e. The lowest BCUT2D eigenvalue weighted by atomic mass is 10.2. The van der Waals surface area contributed by atoms with Crippen LogP contribution in [0.4, 0.5) is 0 Å². The van der Waals surface area contributed by atoms with Gasteiger partial charge in [-0.15, -0.1) is 11.3 Å². The Morgan fingerprint density at radius 1 is 1.27 bits per heavy atom. The first kappa shape index (κ1) is 18.6. The number of carbonyl (C=O) groups excluding carboxylic acids is 1. The fourth-order valence-electron chi connectivity index (χ4n) is 3.12. The molecule has 26 heavy (non-hydrogen) atoms. The first-order valence-corrected chi connectivity index (χ1v) is 10.0. The Hall–Kier alpha value is -2.18. The molecule has 138 valence electrons. The van der Waals surface area contributed by atoms with E-state index in [0.29, 0.717) is 12.2 Å². The normalized spacial score (nSPS) is 11.4. The van der Waals surface area contributed by atoms with Gasteiger partial charge in [0.2, 0.25) is 0 Å². The number of aromatic nitrogens is 2. The van der Waals surface area contributed by atoms with E-state index in [0.717, 1.165) is 36.8 Å². The summed E-state index contributed by atoms with van der Waals surface area (Å²) in [6, 6.07) is 10.4. The molecule has 0 saturated carbocycles. The van der Waals surface area contributed by atoms with Crippen molar-refractivity contribution in [3.05, 3.63) is 41.4 Å². The highest BCUT2D eigenvalue weighted by Crippen LogP contribution is 2.29. The number of amides is 1. The van der Waals surface area contributed by atoms with Gasteiger partial charge in [0.25, 0.3) is 5.91 Å². The number of thiazole rings is 1. The van der Waals surface area contributed by atoms with Crippen LogP contribution in [0.15, 0.2) is 35.7 Å². The minimum Gasteiger partial charge on any atom is -0.351 e. The van der Waals surface area contributed by atoms with E-state index in [9.17, 15) is 4.79 Å². The highest BCUT2D eigenvalue weighted by atomic mass is 32.1. The van der Waals surface area contributed by atoms with Crippen molar-refractivity contribution in [1.82, 2.24) is 19.8 Å². The minimum atomic E-state index is -0.0918. The van der Waals surface area contributed by atoms with Crippen molar-refractivity contribution in [2.24, 2.45) is 7.05 Å². The van der Waals surface area contributed by atoms with Gasteiger partial charge >= 0.3 is 0 Å². The van der Waals surface area contributed by atoms with Gasteiger partial charge in [0.05, 0.1) is 5.69 Å². The quantitative estimate of drug-likeness (QED) is 0.614. The van der Waals surface area contributed by atoms with Crippen LogP contribution in [0.25, 0.3) is 21.6 Å². The molecular weight excluding hydrogens is 344 g/mol. The lowest BCUT2D eigenvalue weighted by molar-refractivity contribution is 0.0947. The molecule has 0 atom stereocenters. The molecule has 0 bridgehead atoms. The van der Waals surface area contributed by atoms with Crippen LogP contribution in [0.5, 0.6) is 0 Å². The number of aryl methyl sites for hydroxylation is 1. The SMILES string of the molecule is CCN(CC)CCCNC(=O)c1csc(-c2cc3ccccc3n2C)n1. The van der Waals surface area contributed by atoms with Gasteiger partial charge in [-0.3, -0.25) is 4.79 Å². The zero-order chi connectivity index (χ0) is 18.5. The van der Waals surface area contributed by atoms with E-state index in [4.69, 9.17) is 0 Å². The van der Waals surface area contributed by atoms with Crippen LogP contribution in [-0.4, -0.2) is 46.5 Å². The summed E-state index contributed by atoms with van der Waals surface area (Å²) in [6.07, 6.45) is 0.952. The van der Waals surface area contributed by atoms with Crippen molar-refractivity contribution in [3.8, 4) is 10.7 Å². The third-order valence-electron chi connectivity index (χ3n) is 4.74. The maximum absolute atomic E-state index is 12.3. The first-order valence-electron chi connectivity index (χ1n) is 9.15. The van der Waals surface area contributed by atoms with Gasteiger partial charge in [-0.05, 0) is 38.2 Å². The highest BCUT2D eigenvalue weighted by Gasteiger charge is 2.15. The monoisotopic (exact) mass is 370 g/mol. The summed E-state index contributed by atoms with van der Waals surface area (Å²) in [4.78, 5) is 19.3. The van der Waals surface area contributed by atoms with Crippen molar-refractivity contribution in [3.63, 3.8) is 0 Å². The van der Waals surface area contributed by atoms with E-state index in [1.165, 1.54) is 22.2 Å². The van der Waals surface area contributed by atoms with E-state index in [1.807, 2.05) is 24.6 Å². The number of para-hydroxylation sites is 1. The van der Waals surface area contributed by atoms with Gasteiger partial charge in [-0.25, -0.2) is 4.98 Å². The van der Waals surface area contributed by atoms with Crippen molar-refractivity contribution in [1.29, 1.82) is 0 Å². The first-order chi connectivity index (χ1) is 12.6. The maximum Gasteiger partial charge on any atom is 0.270 e. The molecule has 0 spiro atoms. The number of hydrogen-bond donors (Lipinski definition) is 1. The lowest BCUT2D eigenvalue weighted by Crippen LogP contribution is -2.30. The van der Waals surface area contributed by atoms with E-state index < -0.39 is 0 Å². The fraction of sp³-hybridized carbons (Fsp3) is 0.400. The fourth-order valence-corrected chi connectivity index (χ4v) is 3.98. The largest absolute Gasteiger partial charge is 0.351 e. The van der Waals surface area contributed by atoms with Crippen LogP contribution >= 0.6 is 11.3 Å². The van der Waals surface area contributed by atoms with E-state index in [2.05, 4.69) is 51.8 Å². The van der Waals surface area contributed by atoms with Gasteiger partial charge in [-0.2, -0.15) is 0 Å². The molecule has 0 radical (unpaired) electrons. The van der Waals surface area contributed by atoms with Crippen LogP contribution in [0.3, 0.4) is 0 Å². The molecule has 0 fully saturated rings. The second-order valence-electron chi connectivity index (χ2n) is 6.32. The predicted molar refractivity (Wildman–Crippen MR) is 109 cm³/mol. The molecule has 1 aromatic carbocycles. The van der Waals surface area contributed by atoms with E-state index >= 15 is 0 Å². The second kappa shape index (κ2) is 8.47. The molecule has 2 heterocycles. The number of benzene rings is 1. The van der Waals surface area contributed by atoms with Crippen LogP contribution in [0.2, 0.25) is 0 Å². The van der Waals surface area contributed by atoms with Gasteiger partial charge in [-0.1, -0.05) is 32.0 Å². The molecule has 3 rings (SSSR count). The Morgan fingerprint density at radius 3 is 2.77 bits per heavy atom. The molecule has 1 N–H and O–H groups in total. The standard InChI is InChI=1S/C20H26N4OS/c1-4-24(5-2)12-8-11-21-19(25)16-14-26-20(22-16)18-13-15-9-6-7-10-17(15)23(18)3/h6-7,9-10,13-14H,4-5,8,11-12H2,1-3H3,(H,21,25). The number of nitrogens with zero attached hydrogens (tertiary/aromatic N) is 3. The molecule has 0 aliphatic carbocycles. The molecule has 0 aliphatic heterocycles. The number of nitrogens with one attached hydrogen (secondary N) is 1. The molecule has 3 aromatic rings. The zero-order valence-electron chi connectivity index (χ0n) is 15.7. The Balaban J connectivity index is 1.63. The van der Waals surface area contributed by atoms with Gasteiger partial charge in [0.1, 0.15) is 10.7 Å². The zero-order valence-corrected chi connectivity index (χ0v) is 16.5. The number of hydrogen-bond acceptors (Lipinski definition) is 4. The van der Waals surface area contributed by atoms with Gasteiger partial charge in [0, 0.05) is 29.9 Å². The highest BCUT2D eigenvalue weighted by molar-refractivity contribution is 7.13. The molecule has 6 heteroatoms. The van der Waals surface area contributed by atoms with Gasteiger partial charge in [0.15, 0.2) is 0 Å². The summed E-state index contributed by atoms with van der Waals surface area (Å²) in [5.41, 5.74) is 2.70. The van der Waals surface area contributed by atoms with Gasteiger partial charge < -0.3 is 14.8 Å². The second-order valence-corrected chi connectivity index (χ2v) is 7.18. The summed E-state index contributed by atoms with van der Waals surface area (Å²) in [5.74, 6) is -0.0918. The molecular formula is C20H26N4OS. The summed E-state index contributed by atoms with van der Waals surface area (Å²) < 4.78 is 2.12. The molecule has 0 saturated heterocycles. The average molecular weight is 371 g/mol. The summed E-state index contributed by atoms with van der Waals surface area (Å²) in [5, 5.41) is 6.88. The number of fused-ring (bicyclic) bond motifs is 1. The average Bonchev–Trinajstić information content (AvgIpc) is 3.27. The Kier molecular flexibility index (Phi) is 6.06. The summed E-state index contributed by atoms with van der Waals surface area (Å²) in [6.45, 7) is 8.09. The summed E-state index contributed by atoms with van der Waals surface area (Å²) >= 11 is 1.51. The number of rotatable bonds is 8. The Bertz CT molecular complexity index is 879. The van der Waals surface area contributed by atoms with E-state index in [1.54, 1.807) is 0 Å². The van der Waals surface area contributed by atoms with Crippen LogP contribution in [0, 0.1) is 0 Å². The lowest BCUT2D eigenvalue weighted by Gasteiger charge is -2.17. The molecule has 2 aromatic heterocycles. The Morgan fingerprint density at radius 2 is 2.04 bits per heavy atom. The maximum atomic E-state index is 12.3. The number of carbonyl (C=O) groups is 1. The summed E-state index contributed by atoms with van der Waals surface area (Å²) in [7, 11) is 2.03. The van der Waals surface area contributed by atoms with Crippen molar-refractivity contribution in [2.75, 3.05) is 26.2 Å². The third-order valence-corrected chi connectivity index (χ3v) is 5.60. The van der Waals surface area contributed by atoms with Crippen molar-refractivity contribution in [2.45, 2.75) is 20.3 Å². The van der Waals surface area contributed by atoms with Crippen LogP contribution < -0.4 is 5.32 Å². The van der Waals surface area contributed by atoms with Crippen molar-refractivity contribution < 1.29 is 4.79 Å². The topological polar surface area (TPSA) is 50.2 Å². The van der Waals surface area contributed by atoms with Crippen LogP contribution in [-0.2, 0) is 7.05 Å². The Labute approximate surface area is 158 Å². The van der Waals surface area contributed by atoms with E-state index in [-0.39, 0.29) is 5.91 Å². The minimum absolute atomic E-state index is 0.0918. The molecule has 0 unspecified atom stereocenters. The van der Waals surface area contributed by atoms with Crippen LogP contribution in [0.1, 0.15) is 30.8 Å². The molecule has 0 aliphatic rings. The molecule has 5 nitrogen and oxygen atoms in total. The van der Waals surface area contributed by atoms with Crippen molar-refractivity contribution >= 4 is 28.1 Å². The molecule has 1 amide bonds. The third kappa shape index (κ3) is 3.97.